The Morgan fingerprint density at radius 2 is 2.11 bits per heavy atom. The summed E-state index contributed by atoms with van der Waals surface area (Å²) in [4.78, 5) is 11.0. The molecule has 0 bridgehead atoms. The van der Waals surface area contributed by atoms with Crippen molar-refractivity contribution >= 4 is 5.97 Å². The molecule has 104 valence electrons. The van der Waals surface area contributed by atoms with E-state index < -0.39 is 17.8 Å². The van der Waals surface area contributed by atoms with Crippen LogP contribution in [0.15, 0.2) is 12.1 Å². The predicted molar refractivity (Wildman–Crippen MR) is 65.9 cm³/mol. The Labute approximate surface area is 110 Å². The fourth-order valence-electron chi connectivity index (χ4n) is 2.70. The predicted octanol–water partition coefficient (Wildman–Crippen LogP) is 3.45. The highest BCUT2D eigenvalue weighted by atomic mass is 19.3. The molecule has 5 heteroatoms. The molecular weight excluding hydrogens is 254 g/mol. The summed E-state index contributed by atoms with van der Waals surface area (Å²) in [5.74, 6) is -0.768. The third-order valence-corrected chi connectivity index (χ3v) is 3.71. The minimum absolute atomic E-state index is 0.0448. The van der Waals surface area contributed by atoms with E-state index in [1.165, 1.54) is 13.2 Å². The summed E-state index contributed by atoms with van der Waals surface area (Å²) in [7, 11) is 1.35. The van der Waals surface area contributed by atoms with Gasteiger partial charge in [-0.15, -0.1) is 0 Å². The molecule has 0 unspecified atom stereocenters. The number of rotatable bonds is 5. The van der Waals surface area contributed by atoms with Gasteiger partial charge in [0.15, 0.2) is 0 Å². The number of hydrogen-bond donors (Lipinski definition) is 1. The second-order valence-corrected chi connectivity index (χ2v) is 5.03. The molecule has 0 spiro atoms. The maximum absolute atomic E-state index is 13.0. The molecule has 2 rings (SSSR count). The van der Waals surface area contributed by atoms with Crippen LogP contribution in [0.1, 0.15) is 42.4 Å². The van der Waals surface area contributed by atoms with E-state index in [1.807, 2.05) is 0 Å². The van der Waals surface area contributed by atoms with Crippen molar-refractivity contribution < 1.29 is 23.4 Å². The molecule has 19 heavy (non-hydrogen) atoms. The highest BCUT2D eigenvalue weighted by Crippen LogP contribution is 2.56. The van der Waals surface area contributed by atoms with Gasteiger partial charge in [0.25, 0.3) is 6.43 Å². The van der Waals surface area contributed by atoms with Gasteiger partial charge in [0.1, 0.15) is 5.75 Å². The van der Waals surface area contributed by atoms with Crippen LogP contribution in [0.5, 0.6) is 5.75 Å². The van der Waals surface area contributed by atoms with Crippen LogP contribution in [0.2, 0.25) is 0 Å². The Bertz CT molecular complexity index is 508. The van der Waals surface area contributed by atoms with Crippen molar-refractivity contribution in [3.05, 3.63) is 28.8 Å². The minimum atomic E-state index is -2.63. The molecule has 0 saturated heterocycles. The summed E-state index contributed by atoms with van der Waals surface area (Å²) in [5, 5.41) is 8.99. The number of aliphatic carboxylic acids is 1. The average molecular weight is 270 g/mol. The summed E-state index contributed by atoms with van der Waals surface area (Å²) in [6.45, 7) is 1.80. The smallest absolute Gasteiger partial charge is 0.304 e. The molecule has 0 radical (unpaired) electrons. The van der Waals surface area contributed by atoms with Gasteiger partial charge in [-0.2, -0.15) is 0 Å². The number of alkyl halides is 2. The van der Waals surface area contributed by atoms with Gasteiger partial charge < -0.3 is 9.84 Å². The fourth-order valence-corrected chi connectivity index (χ4v) is 2.70. The third-order valence-electron chi connectivity index (χ3n) is 3.71. The van der Waals surface area contributed by atoms with Gasteiger partial charge in [-0.3, -0.25) is 4.79 Å². The molecule has 3 nitrogen and oxygen atoms in total. The molecule has 1 aliphatic carbocycles. The van der Waals surface area contributed by atoms with E-state index >= 15 is 0 Å². The van der Waals surface area contributed by atoms with Gasteiger partial charge in [0.05, 0.1) is 19.1 Å². The molecule has 0 atom stereocenters. The first kappa shape index (κ1) is 13.8. The number of carboxylic acids is 1. The molecule has 1 aromatic carbocycles. The number of hydrogen-bond acceptors (Lipinski definition) is 2. The molecule has 0 aliphatic heterocycles. The first-order chi connectivity index (χ1) is 8.91. The summed E-state index contributed by atoms with van der Waals surface area (Å²) in [6.07, 6.45) is -1.28. The van der Waals surface area contributed by atoms with Gasteiger partial charge in [0, 0.05) is 11.0 Å². The fraction of sp³-hybridized carbons (Fsp3) is 0.500. The van der Waals surface area contributed by atoms with Crippen LogP contribution in [-0.4, -0.2) is 18.2 Å². The van der Waals surface area contributed by atoms with Crippen LogP contribution in [0.25, 0.3) is 0 Å². The monoisotopic (exact) mass is 270 g/mol. The number of carboxylic acid groups (broad SMARTS) is 1. The SMILES string of the molecule is COc1c(C(F)F)ccc(C)c1C1(CC(=O)O)CC1. The molecule has 1 aromatic rings. The quantitative estimate of drug-likeness (QED) is 0.891. The van der Waals surface area contributed by atoms with Crippen molar-refractivity contribution in [2.24, 2.45) is 0 Å². The zero-order chi connectivity index (χ0) is 14.2. The van der Waals surface area contributed by atoms with Gasteiger partial charge in [0.2, 0.25) is 0 Å². The Morgan fingerprint density at radius 1 is 1.47 bits per heavy atom. The first-order valence-corrected chi connectivity index (χ1v) is 6.09. The van der Waals surface area contributed by atoms with Crippen molar-refractivity contribution in [1.82, 2.24) is 0 Å². The zero-order valence-electron chi connectivity index (χ0n) is 10.9. The second-order valence-electron chi connectivity index (χ2n) is 5.03. The van der Waals surface area contributed by atoms with Crippen LogP contribution in [0.3, 0.4) is 0 Å². The normalized spacial score (nSPS) is 16.5. The lowest BCUT2D eigenvalue weighted by atomic mass is 9.86. The Kier molecular flexibility index (Phi) is 3.47. The molecule has 0 aromatic heterocycles. The lowest BCUT2D eigenvalue weighted by Crippen LogP contribution is -2.16. The molecule has 0 amide bonds. The van der Waals surface area contributed by atoms with Crippen LogP contribution in [0.4, 0.5) is 8.78 Å². The molecular formula is C14H16F2O3. The standard InChI is InChI=1S/C14H16F2O3/c1-8-3-4-9(13(15)16)12(19-2)11(8)14(5-6-14)7-10(17)18/h3-4,13H,5-7H2,1-2H3,(H,17,18). The lowest BCUT2D eigenvalue weighted by molar-refractivity contribution is -0.137. The van der Waals surface area contributed by atoms with Crippen LogP contribution in [-0.2, 0) is 10.2 Å². The van der Waals surface area contributed by atoms with Crippen molar-refractivity contribution in [2.75, 3.05) is 7.11 Å². The summed E-state index contributed by atoms with van der Waals surface area (Å²) >= 11 is 0. The van der Waals surface area contributed by atoms with Crippen LogP contribution >= 0.6 is 0 Å². The number of aryl methyl sites for hydroxylation is 1. The first-order valence-electron chi connectivity index (χ1n) is 6.09. The Morgan fingerprint density at radius 3 is 2.53 bits per heavy atom. The molecule has 1 aliphatic rings. The Balaban J connectivity index is 2.56. The van der Waals surface area contributed by atoms with Gasteiger partial charge in [-0.25, -0.2) is 8.78 Å². The minimum Gasteiger partial charge on any atom is -0.496 e. The van der Waals surface area contributed by atoms with E-state index in [1.54, 1.807) is 13.0 Å². The van der Waals surface area contributed by atoms with E-state index in [0.717, 1.165) is 5.56 Å². The molecule has 1 fully saturated rings. The topological polar surface area (TPSA) is 46.5 Å². The van der Waals surface area contributed by atoms with E-state index in [0.29, 0.717) is 18.4 Å². The number of halogens is 2. The van der Waals surface area contributed by atoms with Gasteiger partial charge in [-0.1, -0.05) is 6.07 Å². The number of benzene rings is 1. The van der Waals surface area contributed by atoms with Crippen molar-refractivity contribution in [1.29, 1.82) is 0 Å². The highest BCUT2D eigenvalue weighted by molar-refractivity contribution is 5.71. The summed E-state index contributed by atoms with van der Waals surface area (Å²) < 4.78 is 31.2. The van der Waals surface area contributed by atoms with Gasteiger partial charge in [-0.05, 0) is 31.4 Å². The van der Waals surface area contributed by atoms with Crippen molar-refractivity contribution in [3.8, 4) is 5.75 Å². The van der Waals surface area contributed by atoms with Crippen molar-refractivity contribution in [3.63, 3.8) is 0 Å². The highest BCUT2D eigenvalue weighted by Gasteiger charge is 2.49. The lowest BCUT2D eigenvalue weighted by Gasteiger charge is -2.22. The zero-order valence-corrected chi connectivity index (χ0v) is 10.9. The third kappa shape index (κ3) is 2.41. The number of ether oxygens (including phenoxy) is 1. The van der Waals surface area contributed by atoms with E-state index in [9.17, 15) is 13.6 Å². The van der Waals surface area contributed by atoms with Crippen LogP contribution < -0.4 is 4.74 Å². The summed E-state index contributed by atoms with van der Waals surface area (Å²) in [5.41, 5.74) is 0.738. The molecule has 1 saturated carbocycles. The average Bonchev–Trinajstić information content (AvgIpc) is 3.07. The Hall–Kier alpha value is -1.65. The molecule has 0 heterocycles. The maximum Gasteiger partial charge on any atom is 0.304 e. The van der Waals surface area contributed by atoms with Crippen molar-refractivity contribution in [2.45, 2.75) is 38.0 Å². The number of methoxy groups -OCH3 is 1. The largest absolute Gasteiger partial charge is 0.496 e. The second kappa shape index (κ2) is 4.79. The van der Waals surface area contributed by atoms with Crippen LogP contribution in [0, 0.1) is 6.92 Å². The van der Waals surface area contributed by atoms with E-state index in [4.69, 9.17) is 9.84 Å². The van der Waals surface area contributed by atoms with E-state index in [2.05, 4.69) is 0 Å². The van der Waals surface area contributed by atoms with E-state index in [-0.39, 0.29) is 17.7 Å². The molecule has 1 N–H and O–H groups in total. The van der Waals surface area contributed by atoms with Gasteiger partial charge >= 0.3 is 5.97 Å². The maximum atomic E-state index is 13.0. The number of carbonyl (C=O) groups is 1. The summed E-state index contributed by atoms with van der Waals surface area (Å²) in [6, 6.07) is 2.96.